The largest absolute Gasteiger partial charge is 0.337 e. The highest BCUT2D eigenvalue weighted by Crippen LogP contribution is 2.27. The molecular formula is C16H21Cl2N3O2. The zero-order valence-electron chi connectivity index (χ0n) is 13.0. The first kappa shape index (κ1) is 18.0. The minimum atomic E-state index is -0.247. The van der Waals surface area contributed by atoms with Crippen molar-refractivity contribution in [1.29, 1.82) is 0 Å². The molecule has 2 saturated heterocycles. The van der Waals surface area contributed by atoms with Crippen LogP contribution in [-0.2, 0) is 9.59 Å². The van der Waals surface area contributed by atoms with Crippen LogP contribution in [0.25, 0.3) is 0 Å². The Bertz CT molecular complexity index is 579. The smallest absolute Gasteiger partial charge is 0.228 e. The van der Waals surface area contributed by atoms with Gasteiger partial charge in [-0.15, -0.1) is 12.4 Å². The summed E-state index contributed by atoms with van der Waals surface area (Å²) in [4.78, 5) is 28.5. The van der Waals surface area contributed by atoms with Crippen LogP contribution in [0.3, 0.4) is 0 Å². The summed E-state index contributed by atoms with van der Waals surface area (Å²) in [5, 5.41) is 3.91. The maximum absolute atomic E-state index is 12.7. The van der Waals surface area contributed by atoms with E-state index in [4.69, 9.17) is 11.6 Å². The predicted molar refractivity (Wildman–Crippen MR) is 93.2 cm³/mol. The Hall–Kier alpha value is -1.30. The molecule has 0 saturated carbocycles. The summed E-state index contributed by atoms with van der Waals surface area (Å²) < 4.78 is 0. The van der Waals surface area contributed by atoms with Gasteiger partial charge in [0.05, 0.1) is 5.92 Å². The number of carbonyl (C=O) groups excluding carboxylic acids is 2. The van der Waals surface area contributed by atoms with E-state index in [-0.39, 0.29) is 42.6 Å². The molecule has 3 rings (SSSR count). The molecule has 0 spiro atoms. The third-order valence-electron chi connectivity index (χ3n) is 4.40. The van der Waals surface area contributed by atoms with E-state index in [0.29, 0.717) is 18.1 Å². The lowest BCUT2D eigenvalue weighted by molar-refractivity contribution is -0.138. The number of piperazine rings is 1. The van der Waals surface area contributed by atoms with Crippen LogP contribution in [0.4, 0.5) is 5.69 Å². The van der Waals surface area contributed by atoms with Crippen LogP contribution < -0.4 is 10.2 Å². The number of halogens is 2. The van der Waals surface area contributed by atoms with Gasteiger partial charge in [0, 0.05) is 49.4 Å². The van der Waals surface area contributed by atoms with Gasteiger partial charge in [-0.3, -0.25) is 9.59 Å². The Morgan fingerprint density at radius 2 is 2.00 bits per heavy atom. The van der Waals surface area contributed by atoms with Crippen molar-refractivity contribution < 1.29 is 9.59 Å². The van der Waals surface area contributed by atoms with Gasteiger partial charge in [-0.05, 0) is 31.2 Å². The molecule has 2 aliphatic rings. The Morgan fingerprint density at radius 1 is 1.30 bits per heavy atom. The summed E-state index contributed by atoms with van der Waals surface area (Å²) in [5.74, 6) is -0.147. The summed E-state index contributed by atoms with van der Waals surface area (Å²) in [7, 11) is 0. The molecular weight excluding hydrogens is 337 g/mol. The summed E-state index contributed by atoms with van der Waals surface area (Å²) in [6.07, 6.45) is 0.290. The Morgan fingerprint density at radius 3 is 2.65 bits per heavy atom. The maximum atomic E-state index is 12.7. The van der Waals surface area contributed by atoms with E-state index in [0.717, 1.165) is 18.8 Å². The number of nitrogens with zero attached hydrogens (tertiary/aromatic N) is 2. The van der Waals surface area contributed by atoms with Crippen LogP contribution >= 0.6 is 24.0 Å². The van der Waals surface area contributed by atoms with Crippen molar-refractivity contribution in [2.24, 2.45) is 5.92 Å². The normalized spacial score (nSPS) is 24.5. The van der Waals surface area contributed by atoms with Crippen molar-refractivity contribution in [3.8, 4) is 0 Å². The van der Waals surface area contributed by atoms with Gasteiger partial charge in [0.2, 0.25) is 11.8 Å². The topological polar surface area (TPSA) is 52.7 Å². The van der Waals surface area contributed by atoms with Crippen molar-refractivity contribution in [2.75, 3.05) is 31.1 Å². The van der Waals surface area contributed by atoms with Crippen molar-refractivity contribution in [3.05, 3.63) is 29.3 Å². The Balaban J connectivity index is 0.00000192. The minimum absolute atomic E-state index is 0. The van der Waals surface area contributed by atoms with E-state index < -0.39 is 0 Å². The average molecular weight is 358 g/mol. The van der Waals surface area contributed by atoms with E-state index >= 15 is 0 Å². The fraction of sp³-hybridized carbons (Fsp3) is 0.500. The van der Waals surface area contributed by atoms with Gasteiger partial charge in [0.15, 0.2) is 0 Å². The monoisotopic (exact) mass is 357 g/mol. The van der Waals surface area contributed by atoms with E-state index in [1.54, 1.807) is 17.0 Å². The van der Waals surface area contributed by atoms with Gasteiger partial charge in [-0.1, -0.05) is 11.6 Å². The molecule has 1 N–H and O–H groups in total. The van der Waals surface area contributed by atoms with Gasteiger partial charge in [0.25, 0.3) is 0 Å². The van der Waals surface area contributed by atoms with Crippen LogP contribution in [0, 0.1) is 5.92 Å². The van der Waals surface area contributed by atoms with Gasteiger partial charge in [-0.25, -0.2) is 0 Å². The predicted octanol–water partition coefficient (Wildman–Crippen LogP) is 1.94. The van der Waals surface area contributed by atoms with Gasteiger partial charge in [0.1, 0.15) is 0 Å². The van der Waals surface area contributed by atoms with Crippen LogP contribution in [-0.4, -0.2) is 48.9 Å². The minimum Gasteiger partial charge on any atom is -0.337 e. The van der Waals surface area contributed by atoms with Gasteiger partial charge in [-0.2, -0.15) is 0 Å². The van der Waals surface area contributed by atoms with Crippen LogP contribution in [0.5, 0.6) is 0 Å². The highest BCUT2D eigenvalue weighted by Gasteiger charge is 2.38. The lowest BCUT2D eigenvalue weighted by atomic mass is 10.1. The second-order valence-corrected chi connectivity index (χ2v) is 6.40. The first-order chi connectivity index (χ1) is 10.6. The number of amides is 2. The molecule has 0 bridgehead atoms. The molecule has 0 aromatic heterocycles. The number of anilines is 1. The molecule has 0 aliphatic carbocycles. The molecule has 2 fully saturated rings. The Labute approximate surface area is 147 Å². The molecule has 23 heavy (non-hydrogen) atoms. The van der Waals surface area contributed by atoms with E-state index in [2.05, 4.69) is 5.32 Å². The fourth-order valence-corrected chi connectivity index (χ4v) is 3.27. The second kappa shape index (κ2) is 7.51. The lowest BCUT2D eigenvalue weighted by Gasteiger charge is -2.35. The van der Waals surface area contributed by atoms with E-state index in [1.807, 2.05) is 24.0 Å². The molecule has 1 aromatic rings. The number of nitrogens with one attached hydrogen (secondary N) is 1. The van der Waals surface area contributed by atoms with Crippen LogP contribution in [0.15, 0.2) is 24.3 Å². The molecule has 1 unspecified atom stereocenters. The number of hydrogen-bond acceptors (Lipinski definition) is 3. The molecule has 126 valence electrons. The van der Waals surface area contributed by atoms with E-state index in [9.17, 15) is 9.59 Å². The quantitative estimate of drug-likeness (QED) is 0.879. The zero-order valence-corrected chi connectivity index (χ0v) is 14.6. The van der Waals surface area contributed by atoms with Crippen LogP contribution in [0.2, 0.25) is 5.02 Å². The molecule has 2 heterocycles. The summed E-state index contributed by atoms with van der Waals surface area (Å²) in [6, 6.07) is 7.34. The second-order valence-electron chi connectivity index (χ2n) is 5.97. The van der Waals surface area contributed by atoms with Crippen molar-refractivity contribution in [2.45, 2.75) is 19.4 Å². The third kappa shape index (κ3) is 3.79. The third-order valence-corrected chi connectivity index (χ3v) is 4.65. The van der Waals surface area contributed by atoms with Crippen molar-refractivity contribution >= 4 is 41.5 Å². The van der Waals surface area contributed by atoms with Crippen molar-refractivity contribution in [1.82, 2.24) is 10.2 Å². The van der Waals surface area contributed by atoms with Gasteiger partial charge < -0.3 is 15.1 Å². The fourth-order valence-electron chi connectivity index (χ4n) is 3.15. The number of benzene rings is 1. The summed E-state index contributed by atoms with van der Waals surface area (Å²) in [5.41, 5.74) is 0.804. The SMILES string of the molecule is C[C@@H]1CNCCN1C(=O)C1CC(=O)N(c2ccc(Cl)cc2)C1.Cl. The van der Waals surface area contributed by atoms with Crippen molar-refractivity contribution in [3.63, 3.8) is 0 Å². The molecule has 2 aliphatic heterocycles. The molecule has 2 amide bonds. The molecule has 2 atom stereocenters. The average Bonchev–Trinajstić information content (AvgIpc) is 2.90. The maximum Gasteiger partial charge on any atom is 0.228 e. The highest BCUT2D eigenvalue weighted by molar-refractivity contribution is 6.30. The number of carbonyl (C=O) groups is 2. The van der Waals surface area contributed by atoms with Crippen LogP contribution in [0.1, 0.15) is 13.3 Å². The zero-order chi connectivity index (χ0) is 15.7. The molecule has 7 heteroatoms. The van der Waals surface area contributed by atoms with Gasteiger partial charge >= 0.3 is 0 Å². The first-order valence-electron chi connectivity index (χ1n) is 7.63. The number of hydrogen-bond donors (Lipinski definition) is 1. The first-order valence-corrected chi connectivity index (χ1v) is 8.01. The Kier molecular flexibility index (Phi) is 5.89. The number of rotatable bonds is 2. The summed E-state index contributed by atoms with van der Waals surface area (Å²) in [6.45, 7) is 4.84. The standard InChI is InChI=1S/C16H20ClN3O2.ClH/c1-11-9-18-6-7-19(11)16(22)12-8-15(21)20(10-12)14-4-2-13(17)3-5-14;/h2-5,11-12,18H,6-10H2,1H3;1H/t11-,12?;/m1./s1. The molecule has 0 radical (unpaired) electrons. The highest BCUT2D eigenvalue weighted by atomic mass is 35.5. The molecule has 5 nitrogen and oxygen atoms in total. The summed E-state index contributed by atoms with van der Waals surface area (Å²) >= 11 is 5.88. The van der Waals surface area contributed by atoms with E-state index in [1.165, 1.54) is 0 Å². The molecule has 1 aromatic carbocycles. The lowest BCUT2D eigenvalue weighted by Crippen LogP contribution is -2.54.